The molecule has 0 heterocycles. The first-order chi connectivity index (χ1) is 10.9. The third-order valence-corrected chi connectivity index (χ3v) is 5.31. The lowest BCUT2D eigenvalue weighted by Crippen LogP contribution is -2.33. The third-order valence-electron chi connectivity index (χ3n) is 3.93. The van der Waals surface area contributed by atoms with Crippen molar-refractivity contribution in [3.8, 4) is 0 Å². The summed E-state index contributed by atoms with van der Waals surface area (Å²) in [5.41, 5.74) is 0.160. The molecule has 23 heavy (non-hydrogen) atoms. The Hall–Kier alpha value is -1.70. The summed E-state index contributed by atoms with van der Waals surface area (Å²) < 4.78 is 47.9. The molecule has 0 radical (unpaired) electrons. The second kappa shape index (κ2) is 7.72. The summed E-state index contributed by atoms with van der Waals surface area (Å²) >= 11 is 0. The van der Waals surface area contributed by atoms with E-state index in [2.05, 4.69) is 10.6 Å². The number of carbonyl (C=O) groups excluding carboxylic acids is 1. The molecule has 0 spiro atoms. The predicted octanol–water partition coefficient (Wildman–Crippen LogP) is 3.38. The number of hydrogen-bond donors (Lipinski definition) is 2. The van der Waals surface area contributed by atoms with E-state index >= 15 is 0 Å². The zero-order chi connectivity index (χ0) is 16.9. The lowest BCUT2D eigenvalue weighted by Gasteiger charge is -2.21. The summed E-state index contributed by atoms with van der Waals surface area (Å²) in [5.74, 6) is -3.03. The van der Waals surface area contributed by atoms with Gasteiger partial charge in [0.05, 0.1) is 4.90 Å². The smallest absolute Gasteiger partial charge is 0.338 e. The molecule has 8 heteroatoms. The van der Waals surface area contributed by atoms with Gasteiger partial charge in [-0.05, 0) is 37.0 Å². The fourth-order valence-electron chi connectivity index (χ4n) is 2.66. The molecule has 0 bridgehead atoms. The second-order valence-electron chi connectivity index (χ2n) is 5.67. The van der Waals surface area contributed by atoms with E-state index in [1.54, 1.807) is 0 Å². The number of urea groups is 1. The highest BCUT2D eigenvalue weighted by atomic mass is 32.2. The zero-order valence-corrected chi connectivity index (χ0v) is 13.4. The van der Waals surface area contributed by atoms with Crippen LogP contribution in [0.2, 0.25) is 0 Å². The van der Waals surface area contributed by atoms with Crippen molar-refractivity contribution in [1.29, 1.82) is 0 Å². The van der Waals surface area contributed by atoms with Crippen LogP contribution in [-0.4, -0.2) is 26.8 Å². The molecular formula is C15H20F2N2O3S. The molecule has 0 aliphatic heterocycles. The van der Waals surface area contributed by atoms with E-state index in [0.717, 1.165) is 25.0 Å². The molecule has 1 aromatic carbocycles. The van der Waals surface area contributed by atoms with Gasteiger partial charge in [-0.15, -0.1) is 0 Å². The van der Waals surface area contributed by atoms with Gasteiger partial charge < -0.3 is 10.6 Å². The van der Waals surface area contributed by atoms with E-state index in [1.807, 2.05) is 0 Å². The molecule has 1 fully saturated rings. The molecule has 128 valence electrons. The average molecular weight is 346 g/mol. The van der Waals surface area contributed by atoms with Crippen LogP contribution in [0.5, 0.6) is 0 Å². The van der Waals surface area contributed by atoms with Gasteiger partial charge in [0.25, 0.3) is 0 Å². The standard InChI is InChI=1S/C15H20F2N2O3S/c16-14(17)23(21,22)13-8-4-7-12(9-13)19-15(20)18-10-11-5-2-1-3-6-11/h4,7-9,11,14H,1-3,5-6,10H2,(H2,18,19,20). The van der Waals surface area contributed by atoms with Gasteiger partial charge in [0.2, 0.25) is 9.84 Å². The van der Waals surface area contributed by atoms with Crippen molar-refractivity contribution in [2.24, 2.45) is 5.92 Å². The number of hydrogen-bond acceptors (Lipinski definition) is 3. The van der Waals surface area contributed by atoms with E-state index < -0.39 is 26.5 Å². The van der Waals surface area contributed by atoms with Crippen LogP contribution in [0.25, 0.3) is 0 Å². The average Bonchev–Trinajstić information content (AvgIpc) is 2.54. The first-order valence-corrected chi connectivity index (χ1v) is 9.11. The van der Waals surface area contributed by atoms with Crippen molar-refractivity contribution in [2.45, 2.75) is 42.8 Å². The van der Waals surface area contributed by atoms with E-state index in [4.69, 9.17) is 0 Å². The summed E-state index contributed by atoms with van der Waals surface area (Å²) in [4.78, 5) is 11.3. The largest absolute Gasteiger partial charge is 0.341 e. The van der Waals surface area contributed by atoms with Crippen LogP contribution in [0.15, 0.2) is 29.2 Å². The summed E-state index contributed by atoms with van der Waals surface area (Å²) in [6.45, 7) is 0.556. The molecule has 0 saturated heterocycles. The van der Waals surface area contributed by atoms with Crippen LogP contribution in [0.1, 0.15) is 32.1 Å². The number of sulfone groups is 1. The van der Waals surface area contributed by atoms with Crippen LogP contribution >= 0.6 is 0 Å². The summed E-state index contributed by atoms with van der Waals surface area (Å²) in [5, 5.41) is 5.21. The Morgan fingerprint density at radius 2 is 1.91 bits per heavy atom. The summed E-state index contributed by atoms with van der Waals surface area (Å²) in [7, 11) is -4.67. The van der Waals surface area contributed by atoms with Crippen LogP contribution in [0.3, 0.4) is 0 Å². The molecule has 1 aliphatic rings. The maximum Gasteiger partial charge on any atom is 0.341 e. The van der Waals surface area contributed by atoms with Crippen LogP contribution in [-0.2, 0) is 9.84 Å². The third kappa shape index (κ3) is 4.89. The number of benzene rings is 1. The molecule has 1 aromatic rings. The van der Waals surface area contributed by atoms with Crippen molar-refractivity contribution >= 4 is 21.6 Å². The lowest BCUT2D eigenvalue weighted by atomic mass is 9.89. The Bertz CT molecular complexity index is 644. The molecule has 0 atom stereocenters. The van der Waals surface area contributed by atoms with Gasteiger partial charge in [-0.1, -0.05) is 25.3 Å². The minimum atomic E-state index is -4.67. The molecule has 0 aromatic heterocycles. The molecular weight excluding hydrogens is 326 g/mol. The van der Waals surface area contributed by atoms with Crippen molar-refractivity contribution in [1.82, 2.24) is 5.32 Å². The molecule has 5 nitrogen and oxygen atoms in total. The van der Waals surface area contributed by atoms with Gasteiger partial charge in [0.15, 0.2) is 0 Å². The normalized spacial score (nSPS) is 16.3. The molecule has 2 amide bonds. The summed E-state index contributed by atoms with van der Waals surface area (Å²) in [6.07, 6.45) is 5.74. The Morgan fingerprint density at radius 3 is 2.57 bits per heavy atom. The Balaban J connectivity index is 1.93. The zero-order valence-electron chi connectivity index (χ0n) is 12.6. The number of carbonyl (C=O) groups is 1. The van der Waals surface area contributed by atoms with Gasteiger partial charge >= 0.3 is 11.8 Å². The predicted molar refractivity (Wildman–Crippen MR) is 83.2 cm³/mol. The van der Waals surface area contributed by atoms with E-state index in [9.17, 15) is 22.0 Å². The minimum Gasteiger partial charge on any atom is -0.338 e. The Labute approximate surface area is 134 Å². The molecule has 2 rings (SSSR count). The van der Waals surface area contributed by atoms with Crippen LogP contribution in [0.4, 0.5) is 19.3 Å². The topological polar surface area (TPSA) is 75.3 Å². The fourth-order valence-corrected chi connectivity index (χ4v) is 3.42. The number of amides is 2. The van der Waals surface area contributed by atoms with Gasteiger partial charge in [-0.2, -0.15) is 8.78 Å². The number of nitrogens with one attached hydrogen (secondary N) is 2. The first-order valence-electron chi connectivity index (χ1n) is 7.56. The van der Waals surface area contributed by atoms with E-state index in [-0.39, 0.29) is 5.69 Å². The molecule has 2 N–H and O–H groups in total. The van der Waals surface area contributed by atoms with Crippen LogP contribution in [0, 0.1) is 5.92 Å². The fraction of sp³-hybridized carbons (Fsp3) is 0.533. The second-order valence-corrected chi connectivity index (χ2v) is 7.59. The van der Waals surface area contributed by atoms with Crippen molar-refractivity contribution < 1.29 is 22.0 Å². The molecule has 0 unspecified atom stereocenters. The van der Waals surface area contributed by atoms with Gasteiger partial charge in [0.1, 0.15) is 0 Å². The monoisotopic (exact) mass is 346 g/mol. The van der Waals surface area contributed by atoms with Gasteiger partial charge in [0, 0.05) is 12.2 Å². The Kier molecular flexibility index (Phi) is 5.92. The van der Waals surface area contributed by atoms with Crippen molar-refractivity contribution in [3.05, 3.63) is 24.3 Å². The molecule has 1 saturated carbocycles. The number of halogens is 2. The highest BCUT2D eigenvalue weighted by Gasteiger charge is 2.26. The van der Waals surface area contributed by atoms with Crippen molar-refractivity contribution in [2.75, 3.05) is 11.9 Å². The van der Waals surface area contributed by atoms with Crippen molar-refractivity contribution in [3.63, 3.8) is 0 Å². The minimum absolute atomic E-state index is 0.160. The Morgan fingerprint density at radius 1 is 1.22 bits per heavy atom. The first kappa shape index (κ1) is 17.7. The maximum atomic E-state index is 12.5. The number of rotatable bonds is 5. The highest BCUT2D eigenvalue weighted by molar-refractivity contribution is 7.91. The van der Waals surface area contributed by atoms with Crippen LogP contribution < -0.4 is 10.6 Å². The van der Waals surface area contributed by atoms with Gasteiger partial charge in [-0.3, -0.25) is 0 Å². The number of anilines is 1. The maximum absolute atomic E-state index is 12.5. The quantitative estimate of drug-likeness (QED) is 0.858. The molecule has 1 aliphatic carbocycles. The summed E-state index contributed by atoms with van der Waals surface area (Å²) in [6, 6.07) is 4.40. The number of alkyl halides is 2. The van der Waals surface area contributed by atoms with E-state index in [1.165, 1.54) is 31.4 Å². The van der Waals surface area contributed by atoms with Gasteiger partial charge in [-0.25, -0.2) is 13.2 Å². The van der Waals surface area contributed by atoms with E-state index in [0.29, 0.717) is 12.5 Å². The highest BCUT2D eigenvalue weighted by Crippen LogP contribution is 2.23. The SMILES string of the molecule is O=C(NCC1CCCCC1)Nc1cccc(S(=O)(=O)C(F)F)c1. The lowest BCUT2D eigenvalue weighted by molar-refractivity contribution is 0.235.